The maximum Gasteiger partial charge on any atom is 0.317 e. The molecule has 0 fully saturated rings. The number of fused-ring (bicyclic) bond motifs is 1. The minimum atomic E-state index is -1.36. The van der Waals surface area contributed by atoms with Gasteiger partial charge >= 0.3 is 5.97 Å². The van der Waals surface area contributed by atoms with Gasteiger partial charge in [0.25, 0.3) is 10.2 Å². The Labute approximate surface area is 198 Å². The van der Waals surface area contributed by atoms with Gasteiger partial charge in [0.05, 0.1) is 30.9 Å². The Balaban J connectivity index is 1.84. The third kappa shape index (κ3) is 5.88. The van der Waals surface area contributed by atoms with E-state index in [-0.39, 0.29) is 25.2 Å². The second kappa shape index (κ2) is 10.6. The molecule has 1 aromatic carbocycles. The smallest absolute Gasteiger partial charge is 0.317 e. The summed E-state index contributed by atoms with van der Waals surface area (Å²) in [6.45, 7) is 2.51. The molecule has 3 rings (SSSR count). The molecule has 1 aliphatic rings. The lowest BCUT2D eigenvalue weighted by atomic mass is 9.84. The number of carbonyl (C=O) groups is 1. The summed E-state index contributed by atoms with van der Waals surface area (Å²) < 4.78 is 11.6. The minimum absolute atomic E-state index is 0.126. The standard InChI is InChI=1S/C21H22ClN3O9/c1-13-18(17-12-31-19(16(17)11-23-13)14-3-5-15(22)6-4-14)34-20(26)21(2,7-9-32-24(27)28)8-10-33-25(29)30/h3-6,11,19H,7-10,12H2,1-2H3/t19-/m1/s1. The van der Waals surface area contributed by atoms with E-state index in [9.17, 15) is 25.0 Å². The normalized spacial score (nSPS) is 14.9. The topological polar surface area (TPSA) is 153 Å². The number of aryl methyl sites for hydroxylation is 1. The highest BCUT2D eigenvalue weighted by Crippen LogP contribution is 2.42. The molecule has 0 aliphatic carbocycles. The molecule has 34 heavy (non-hydrogen) atoms. The van der Waals surface area contributed by atoms with Crippen LogP contribution in [-0.4, -0.2) is 34.3 Å². The van der Waals surface area contributed by atoms with Crippen molar-refractivity contribution < 1.29 is 34.1 Å². The molecular weight excluding hydrogens is 474 g/mol. The summed E-state index contributed by atoms with van der Waals surface area (Å²) in [5, 5.41) is 19.6. The molecule has 2 aromatic rings. The quantitative estimate of drug-likeness (QED) is 0.255. The SMILES string of the molecule is Cc1ncc2c(c1OC(=O)C(C)(CCO[N+](=O)[O-])CCO[N+](=O)[O-])CO[C@@H]2c1ccc(Cl)cc1. The van der Waals surface area contributed by atoms with Crippen molar-refractivity contribution in [2.75, 3.05) is 13.2 Å². The van der Waals surface area contributed by atoms with Crippen molar-refractivity contribution in [1.82, 2.24) is 4.98 Å². The van der Waals surface area contributed by atoms with Crippen molar-refractivity contribution in [2.24, 2.45) is 5.41 Å². The molecule has 0 saturated carbocycles. The molecule has 0 spiro atoms. The predicted octanol–water partition coefficient (Wildman–Crippen LogP) is 3.77. The summed E-state index contributed by atoms with van der Waals surface area (Å²) in [7, 11) is 0. The van der Waals surface area contributed by atoms with E-state index in [1.54, 1.807) is 25.3 Å². The first-order chi connectivity index (χ1) is 16.1. The van der Waals surface area contributed by atoms with Crippen LogP contribution in [0.2, 0.25) is 5.02 Å². The van der Waals surface area contributed by atoms with E-state index in [1.165, 1.54) is 6.92 Å². The molecule has 1 aromatic heterocycles. The number of carbonyl (C=O) groups excluding carboxylic acids is 1. The zero-order chi connectivity index (χ0) is 24.9. The van der Waals surface area contributed by atoms with Gasteiger partial charge in [-0.05, 0) is 44.4 Å². The summed E-state index contributed by atoms with van der Waals surface area (Å²) in [6.07, 6.45) is 0.980. The Morgan fingerprint density at radius 2 is 1.76 bits per heavy atom. The summed E-state index contributed by atoms with van der Waals surface area (Å²) in [5.41, 5.74) is 1.30. The van der Waals surface area contributed by atoms with Gasteiger partial charge in [0.1, 0.15) is 6.10 Å². The fraction of sp³-hybridized carbons (Fsp3) is 0.429. The molecule has 0 amide bonds. The van der Waals surface area contributed by atoms with Crippen LogP contribution in [0.1, 0.15) is 48.3 Å². The molecule has 12 nitrogen and oxygen atoms in total. The molecule has 0 saturated heterocycles. The van der Waals surface area contributed by atoms with Crippen LogP contribution < -0.4 is 4.74 Å². The number of nitrogens with zero attached hydrogens (tertiary/aromatic N) is 3. The van der Waals surface area contributed by atoms with E-state index in [0.717, 1.165) is 11.1 Å². The number of rotatable bonds is 11. The molecule has 0 N–H and O–H groups in total. The average Bonchev–Trinajstić information content (AvgIpc) is 3.20. The van der Waals surface area contributed by atoms with E-state index >= 15 is 0 Å². The fourth-order valence-electron chi connectivity index (χ4n) is 3.57. The van der Waals surface area contributed by atoms with Crippen molar-refractivity contribution in [1.29, 1.82) is 0 Å². The molecule has 1 atom stereocenters. The molecule has 0 bridgehead atoms. The predicted molar refractivity (Wildman–Crippen MR) is 116 cm³/mol. The first-order valence-corrected chi connectivity index (χ1v) is 10.6. The minimum Gasteiger partial charge on any atom is -0.424 e. The summed E-state index contributed by atoms with van der Waals surface area (Å²) >= 11 is 5.97. The Hall–Kier alpha value is -3.51. The number of aromatic nitrogens is 1. The number of pyridine rings is 1. The van der Waals surface area contributed by atoms with Crippen LogP contribution in [0.15, 0.2) is 30.5 Å². The molecular formula is C21H22ClN3O9. The maximum atomic E-state index is 13.2. The lowest BCUT2D eigenvalue weighted by Gasteiger charge is -2.27. The highest BCUT2D eigenvalue weighted by molar-refractivity contribution is 6.30. The molecule has 0 radical (unpaired) electrons. The highest BCUT2D eigenvalue weighted by atomic mass is 35.5. The number of hydrogen-bond acceptors (Lipinski definition) is 10. The molecule has 13 heteroatoms. The Bertz CT molecular complexity index is 1060. The molecule has 0 unspecified atom stereocenters. The van der Waals surface area contributed by atoms with Crippen LogP contribution in [0, 0.1) is 32.6 Å². The number of halogens is 1. The van der Waals surface area contributed by atoms with E-state index < -0.39 is 40.9 Å². The van der Waals surface area contributed by atoms with Gasteiger partial charge in [0.15, 0.2) is 5.75 Å². The van der Waals surface area contributed by atoms with E-state index in [0.29, 0.717) is 16.3 Å². The Morgan fingerprint density at radius 3 is 2.32 bits per heavy atom. The highest BCUT2D eigenvalue weighted by Gasteiger charge is 2.38. The number of hydrogen-bond donors (Lipinski definition) is 0. The van der Waals surface area contributed by atoms with Gasteiger partial charge < -0.3 is 19.1 Å². The van der Waals surface area contributed by atoms with E-state index in [4.69, 9.17) is 21.1 Å². The lowest BCUT2D eigenvalue weighted by Crippen LogP contribution is -2.35. The van der Waals surface area contributed by atoms with Gasteiger partial charge in [-0.15, -0.1) is 20.2 Å². The summed E-state index contributed by atoms with van der Waals surface area (Å²) in [4.78, 5) is 47.2. The maximum absolute atomic E-state index is 13.2. The van der Waals surface area contributed by atoms with Crippen LogP contribution in [0.25, 0.3) is 0 Å². The zero-order valence-electron chi connectivity index (χ0n) is 18.4. The largest absolute Gasteiger partial charge is 0.424 e. The first kappa shape index (κ1) is 25.1. The Morgan fingerprint density at radius 1 is 1.18 bits per heavy atom. The lowest BCUT2D eigenvalue weighted by molar-refractivity contribution is -0.759. The van der Waals surface area contributed by atoms with Gasteiger partial charge in [-0.1, -0.05) is 23.7 Å². The molecule has 1 aliphatic heterocycles. The fourth-order valence-corrected chi connectivity index (χ4v) is 3.69. The number of ether oxygens (including phenoxy) is 2. The Kier molecular flexibility index (Phi) is 7.84. The second-order valence-corrected chi connectivity index (χ2v) is 8.35. The zero-order valence-corrected chi connectivity index (χ0v) is 19.1. The van der Waals surface area contributed by atoms with E-state index in [1.807, 2.05) is 12.1 Å². The van der Waals surface area contributed by atoms with Crippen LogP contribution in [-0.2, 0) is 25.8 Å². The van der Waals surface area contributed by atoms with Gasteiger partial charge in [-0.3, -0.25) is 9.78 Å². The van der Waals surface area contributed by atoms with Crippen molar-refractivity contribution >= 4 is 17.6 Å². The van der Waals surface area contributed by atoms with Crippen LogP contribution in [0.4, 0.5) is 0 Å². The number of esters is 1. The summed E-state index contributed by atoms with van der Waals surface area (Å²) in [5.74, 6) is -0.532. The van der Waals surface area contributed by atoms with Crippen molar-refractivity contribution in [3.05, 3.63) is 78.1 Å². The molecule has 182 valence electrons. The van der Waals surface area contributed by atoms with Crippen LogP contribution in [0.5, 0.6) is 5.75 Å². The van der Waals surface area contributed by atoms with Crippen LogP contribution >= 0.6 is 11.6 Å². The molecule has 2 heterocycles. The number of benzene rings is 1. The first-order valence-electron chi connectivity index (χ1n) is 10.2. The second-order valence-electron chi connectivity index (χ2n) is 7.91. The monoisotopic (exact) mass is 495 g/mol. The van der Waals surface area contributed by atoms with E-state index in [2.05, 4.69) is 14.7 Å². The third-order valence-corrected chi connectivity index (χ3v) is 5.84. The van der Waals surface area contributed by atoms with Crippen molar-refractivity contribution in [2.45, 2.75) is 39.4 Å². The third-order valence-electron chi connectivity index (χ3n) is 5.59. The summed E-state index contributed by atoms with van der Waals surface area (Å²) in [6, 6.07) is 7.14. The van der Waals surface area contributed by atoms with Crippen molar-refractivity contribution in [3.63, 3.8) is 0 Å². The van der Waals surface area contributed by atoms with Crippen molar-refractivity contribution in [3.8, 4) is 5.75 Å². The van der Waals surface area contributed by atoms with Gasteiger partial charge in [0, 0.05) is 22.3 Å². The average molecular weight is 496 g/mol. The van der Waals surface area contributed by atoms with Crippen LogP contribution in [0.3, 0.4) is 0 Å². The van der Waals surface area contributed by atoms with Gasteiger partial charge in [0.2, 0.25) is 0 Å². The van der Waals surface area contributed by atoms with Gasteiger partial charge in [-0.2, -0.15) is 0 Å². The van der Waals surface area contributed by atoms with Gasteiger partial charge in [-0.25, -0.2) is 0 Å².